The minimum Gasteiger partial charge on any atom is -0.487 e. The van der Waals surface area contributed by atoms with Crippen molar-refractivity contribution in [1.82, 2.24) is 0 Å². The van der Waals surface area contributed by atoms with Crippen LogP contribution in [0.2, 0.25) is 0 Å². The van der Waals surface area contributed by atoms with E-state index in [9.17, 15) is 9.90 Å². The van der Waals surface area contributed by atoms with Gasteiger partial charge in [-0.05, 0) is 39.3 Å². The lowest BCUT2D eigenvalue weighted by Crippen LogP contribution is -2.38. The summed E-state index contributed by atoms with van der Waals surface area (Å²) in [4.78, 5) is 11.5. The van der Waals surface area contributed by atoms with E-state index < -0.39 is 11.7 Å². The molecule has 0 aromatic heterocycles. The van der Waals surface area contributed by atoms with Gasteiger partial charge in [-0.15, -0.1) is 0 Å². The van der Waals surface area contributed by atoms with Crippen LogP contribution in [0.25, 0.3) is 0 Å². The van der Waals surface area contributed by atoms with Gasteiger partial charge in [-0.2, -0.15) is 0 Å². The lowest BCUT2D eigenvalue weighted by Gasteiger charge is -2.38. The van der Waals surface area contributed by atoms with Gasteiger partial charge in [0.15, 0.2) is 0 Å². The number of aryl methyl sites for hydroxylation is 1. The number of benzene rings is 1. The molecule has 1 heterocycles. The fourth-order valence-electron chi connectivity index (χ4n) is 2.60. The number of aliphatic hydroxyl groups excluding tert-OH is 1. The summed E-state index contributed by atoms with van der Waals surface area (Å²) < 4.78 is 10.9. The van der Waals surface area contributed by atoms with Crippen molar-refractivity contribution in [2.75, 3.05) is 6.61 Å². The van der Waals surface area contributed by atoms with E-state index >= 15 is 0 Å². The second kappa shape index (κ2) is 5.83. The van der Waals surface area contributed by atoms with E-state index in [2.05, 4.69) is 0 Å². The number of hydrogen-bond donors (Lipinski definition) is 1. The summed E-state index contributed by atoms with van der Waals surface area (Å²) >= 11 is 0. The van der Waals surface area contributed by atoms with Crippen LogP contribution >= 0.6 is 0 Å². The molecule has 4 nitrogen and oxygen atoms in total. The molecule has 4 heteroatoms. The van der Waals surface area contributed by atoms with E-state index in [-0.39, 0.29) is 5.97 Å². The average molecular weight is 278 g/mol. The molecule has 2 rings (SSSR count). The summed E-state index contributed by atoms with van der Waals surface area (Å²) in [5.74, 6) is 0.488. The predicted molar refractivity (Wildman–Crippen MR) is 75.7 cm³/mol. The topological polar surface area (TPSA) is 55.8 Å². The summed E-state index contributed by atoms with van der Waals surface area (Å²) in [5, 5.41) is 10.3. The number of hydrogen-bond acceptors (Lipinski definition) is 4. The Hall–Kier alpha value is -1.55. The predicted octanol–water partition coefficient (Wildman–Crippen LogP) is 2.91. The number of carbonyl (C=O) groups is 1. The zero-order chi connectivity index (χ0) is 14.8. The molecule has 1 aliphatic rings. The van der Waals surface area contributed by atoms with Crippen LogP contribution in [0.3, 0.4) is 0 Å². The van der Waals surface area contributed by atoms with Gasteiger partial charge in [0, 0.05) is 18.4 Å². The molecule has 0 radical (unpaired) electrons. The normalized spacial score (nSPS) is 24.7. The summed E-state index contributed by atoms with van der Waals surface area (Å²) in [6.45, 7) is 6.10. The van der Waals surface area contributed by atoms with Gasteiger partial charge in [-0.1, -0.05) is 11.6 Å². The maximum atomic E-state index is 11.5. The highest BCUT2D eigenvalue weighted by atomic mass is 16.5. The Bertz CT molecular complexity index is 497. The van der Waals surface area contributed by atoms with Gasteiger partial charge >= 0.3 is 5.97 Å². The van der Waals surface area contributed by atoms with Crippen molar-refractivity contribution in [2.45, 2.75) is 51.7 Å². The highest BCUT2D eigenvalue weighted by Gasteiger charge is 2.36. The number of carbonyl (C=O) groups excluding carboxylic acids is 1. The molecule has 0 spiro atoms. The number of rotatable bonds is 4. The lowest BCUT2D eigenvalue weighted by molar-refractivity contribution is -0.144. The molecule has 0 amide bonds. The van der Waals surface area contributed by atoms with Crippen molar-refractivity contribution in [1.29, 1.82) is 0 Å². The first-order chi connectivity index (χ1) is 9.43. The fourth-order valence-corrected chi connectivity index (χ4v) is 2.60. The largest absolute Gasteiger partial charge is 0.487 e. The molecular formula is C16H22O4. The van der Waals surface area contributed by atoms with E-state index in [0.717, 1.165) is 11.1 Å². The van der Waals surface area contributed by atoms with E-state index in [1.807, 2.05) is 32.0 Å². The standard InChI is InChI=1S/C16H22O4/c1-4-19-15(18)7-8-16(3)10-13(17)12-9-11(2)5-6-14(12)20-16/h5-6,9,13,17H,4,7-8,10H2,1-3H3. The number of aliphatic hydroxyl groups is 1. The Kier molecular flexibility index (Phi) is 4.33. The Morgan fingerprint density at radius 1 is 1.55 bits per heavy atom. The maximum absolute atomic E-state index is 11.5. The third-order valence-corrected chi connectivity index (χ3v) is 3.67. The van der Waals surface area contributed by atoms with Crippen LogP contribution in [0, 0.1) is 6.92 Å². The van der Waals surface area contributed by atoms with Gasteiger partial charge in [0.2, 0.25) is 0 Å². The van der Waals surface area contributed by atoms with Crippen molar-refractivity contribution < 1.29 is 19.4 Å². The molecule has 0 saturated carbocycles. The van der Waals surface area contributed by atoms with Crippen molar-refractivity contribution >= 4 is 5.97 Å². The van der Waals surface area contributed by atoms with E-state index in [0.29, 0.717) is 31.6 Å². The zero-order valence-electron chi connectivity index (χ0n) is 12.3. The molecule has 0 fully saturated rings. The maximum Gasteiger partial charge on any atom is 0.305 e. The van der Waals surface area contributed by atoms with Crippen LogP contribution in [0.4, 0.5) is 0 Å². The average Bonchev–Trinajstić information content (AvgIpc) is 2.38. The first kappa shape index (κ1) is 14.9. The molecule has 1 aromatic rings. The van der Waals surface area contributed by atoms with E-state index in [4.69, 9.17) is 9.47 Å². The van der Waals surface area contributed by atoms with Crippen LogP contribution in [-0.4, -0.2) is 23.3 Å². The second-order valence-electron chi connectivity index (χ2n) is 5.62. The highest BCUT2D eigenvalue weighted by molar-refractivity contribution is 5.69. The van der Waals surface area contributed by atoms with Gasteiger partial charge < -0.3 is 14.6 Å². The molecule has 2 atom stereocenters. The van der Waals surface area contributed by atoms with Crippen LogP contribution in [-0.2, 0) is 9.53 Å². The lowest BCUT2D eigenvalue weighted by atomic mass is 9.86. The molecular weight excluding hydrogens is 256 g/mol. The Morgan fingerprint density at radius 3 is 3.00 bits per heavy atom. The molecule has 1 aliphatic heterocycles. The van der Waals surface area contributed by atoms with Crippen LogP contribution in [0.5, 0.6) is 5.75 Å². The molecule has 1 N–H and O–H groups in total. The Balaban J connectivity index is 2.08. The van der Waals surface area contributed by atoms with Gasteiger partial charge in [0.05, 0.1) is 12.7 Å². The molecule has 20 heavy (non-hydrogen) atoms. The molecule has 2 unspecified atom stereocenters. The number of fused-ring (bicyclic) bond motifs is 1. The summed E-state index contributed by atoms with van der Waals surface area (Å²) in [6.07, 6.45) is 0.781. The first-order valence-electron chi connectivity index (χ1n) is 7.07. The fraction of sp³-hybridized carbons (Fsp3) is 0.562. The zero-order valence-corrected chi connectivity index (χ0v) is 12.3. The molecule has 1 aromatic carbocycles. The smallest absolute Gasteiger partial charge is 0.305 e. The van der Waals surface area contributed by atoms with E-state index in [1.54, 1.807) is 6.92 Å². The van der Waals surface area contributed by atoms with Crippen molar-refractivity contribution in [3.05, 3.63) is 29.3 Å². The van der Waals surface area contributed by atoms with Crippen LogP contribution < -0.4 is 4.74 Å². The van der Waals surface area contributed by atoms with Gasteiger partial charge in [-0.25, -0.2) is 0 Å². The SMILES string of the molecule is CCOC(=O)CCC1(C)CC(O)c2cc(C)ccc2O1. The summed E-state index contributed by atoms with van der Waals surface area (Å²) in [6, 6.07) is 5.79. The third-order valence-electron chi connectivity index (χ3n) is 3.67. The third kappa shape index (κ3) is 3.31. The highest BCUT2D eigenvalue weighted by Crippen LogP contribution is 2.41. The number of esters is 1. The van der Waals surface area contributed by atoms with Crippen molar-refractivity contribution in [3.8, 4) is 5.75 Å². The van der Waals surface area contributed by atoms with Crippen molar-refractivity contribution in [2.24, 2.45) is 0 Å². The number of ether oxygens (including phenoxy) is 2. The van der Waals surface area contributed by atoms with Crippen molar-refractivity contribution in [3.63, 3.8) is 0 Å². The monoisotopic (exact) mass is 278 g/mol. The molecule has 0 bridgehead atoms. The summed E-state index contributed by atoms with van der Waals surface area (Å²) in [5.41, 5.74) is 1.40. The van der Waals surface area contributed by atoms with Gasteiger partial charge in [0.25, 0.3) is 0 Å². The summed E-state index contributed by atoms with van der Waals surface area (Å²) in [7, 11) is 0. The Morgan fingerprint density at radius 2 is 2.30 bits per heavy atom. The molecule has 0 aliphatic carbocycles. The van der Waals surface area contributed by atoms with E-state index in [1.165, 1.54) is 0 Å². The molecule has 0 saturated heterocycles. The van der Waals surface area contributed by atoms with Gasteiger partial charge in [0.1, 0.15) is 11.4 Å². The quantitative estimate of drug-likeness (QED) is 0.860. The minimum absolute atomic E-state index is 0.221. The first-order valence-corrected chi connectivity index (χ1v) is 7.07. The van der Waals surface area contributed by atoms with Crippen LogP contribution in [0.15, 0.2) is 18.2 Å². The van der Waals surface area contributed by atoms with Crippen LogP contribution in [0.1, 0.15) is 50.3 Å². The second-order valence-corrected chi connectivity index (χ2v) is 5.62. The Labute approximate surface area is 119 Å². The van der Waals surface area contributed by atoms with Gasteiger partial charge in [-0.3, -0.25) is 4.79 Å². The minimum atomic E-state index is -0.550. The molecule has 110 valence electrons.